The Hall–Kier alpha value is -2.00. The third-order valence-electron chi connectivity index (χ3n) is 2.59. The molecule has 0 fully saturated rings. The Kier molecular flexibility index (Phi) is 4.42. The highest BCUT2D eigenvalue weighted by atomic mass is 35.5. The number of carbonyl (C=O) groups is 1. The summed E-state index contributed by atoms with van der Waals surface area (Å²) in [7, 11) is 1.61. The minimum Gasteiger partial charge on any atom is -0.497 e. The van der Waals surface area contributed by atoms with Gasteiger partial charge >= 0.3 is 0 Å². The normalized spacial score (nSPS) is 10.0. The molecule has 4 heteroatoms. The topological polar surface area (TPSA) is 35.5 Å². The van der Waals surface area contributed by atoms with Crippen molar-refractivity contribution in [1.82, 2.24) is 0 Å². The lowest BCUT2D eigenvalue weighted by atomic mass is 10.1. The molecule has 0 N–H and O–H groups in total. The van der Waals surface area contributed by atoms with Gasteiger partial charge in [-0.1, -0.05) is 0 Å². The standard InChI is InChI=1S/C15H13ClO3/c1-18-12-6-8-14(9-7-12)19-13-4-2-11(3-5-13)15(17)10-16/h2-9H,10H2,1H3. The molecule has 0 aliphatic heterocycles. The van der Waals surface area contributed by atoms with E-state index in [4.69, 9.17) is 21.1 Å². The number of ether oxygens (including phenoxy) is 2. The van der Waals surface area contributed by atoms with Gasteiger partial charge in [-0.25, -0.2) is 0 Å². The second kappa shape index (κ2) is 6.25. The van der Waals surface area contributed by atoms with Crippen molar-refractivity contribution in [3.05, 3.63) is 54.1 Å². The Balaban J connectivity index is 2.08. The minimum atomic E-state index is -0.0994. The molecule has 0 aliphatic rings. The van der Waals surface area contributed by atoms with Gasteiger partial charge < -0.3 is 9.47 Å². The number of ketones is 1. The molecule has 0 heterocycles. The molecule has 0 bridgehead atoms. The maximum absolute atomic E-state index is 11.4. The van der Waals surface area contributed by atoms with Gasteiger partial charge in [-0.15, -0.1) is 11.6 Å². The molecule has 2 aromatic rings. The van der Waals surface area contributed by atoms with Crippen LogP contribution in [0.3, 0.4) is 0 Å². The number of rotatable bonds is 5. The number of alkyl halides is 1. The molecular formula is C15H13ClO3. The lowest BCUT2D eigenvalue weighted by Gasteiger charge is -2.07. The number of hydrogen-bond donors (Lipinski definition) is 0. The second-order valence-electron chi connectivity index (χ2n) is 3.86. The third-order valence-corrected chi connectivity index (χ3v) is 2.84. The van der Waals surface area contributed by atoms with Crippen LogP contribution in [0, 0.1) is 0 Å². The first kappa shape index (κ1) is 13.4. The molecule has 0 saturated carbocycles. The molecular weight excluding hydrogens is 264 g/mol. The molecule has 0 unspecified atom stereocenters. The van der Waals surface area contributed by atoms with E-state index < -0.39 is 0 Å². The lowest BCUT2D eigenvalue weighted by molar-refractivity contribution is 0.102. The number of hydrogen-bond acceptors (Lipinski definition) is 3. The molecule has 98 valence electrons. The summed E-state index contributed by atoms with van der Waals surface area (Å²) in [6.45, 7) is 0. The number of benzene rings is 2. The van der Waals surface area contributed by atoms with E-state index in [1.54, 1.807) is 31.4 Å². The molecule has 2 aromatic carbocycles. The predicted molar refractivity (Wildman–Crippen MR) is 74.6 cm³/mol. The average Bonchev–Trinajstić information content (AvgIpc) is 2.48. The maximum atomic E-state index is 11.4. The Morgan fingerprint density at radius 2 is 1.42 bits per heavy atom. The molecule has 2 rings (SSSR count). The molecule has 0 aromatic heterocycles. The van der Waals surface area contributed by atoms with Gasteiger partial charge in [0, 0.05) is 5.56 Å². The van der Waals surface area contributed by atoms with E-state index in [2.05, 4.69) is 0 Å². The van der Waals surface area contributed by atoms with Crippen LogP contribution in [0.1, 0.15) is 10.4 Å². The van der Waals surface area contributed by atoms with E-state index in [1.165, 1.54) is 0 Å². The Labute approximate surface area is 116 Å². The van der Waals surface area contributed by atoms with Crippen molar-refractivity contribution in [2.24, 2.45) is 0 Å². The Morgan fingerprint density at radius 1 is 0.947 bits per heavy atom. The molecule has 0 amide bonds. The largest absolute Gasteiger partial charge is 0.497 e. The van der Waals surface area contributed by atoms with Crippen molar-refractivity contribution in [2.75, 3.05) is 13.0 Å². The summed E-state index contributed by atoms with van der Waals surface area (Å²) >= 11 is 5.49. The van der Waals surface area contributed by atoms with Crippen LogP contribution in [0.5, 0.6) is 17.2 Å². The fraction of sp³-hybridized carbons (Fsp3) is 0.133. The first-order valence-corrected chi connectivity index (χ1v) is 6.27. The van der Waals surface area contributed by atoms with Gasteiger partial charge in [0.1, 0.15) is 17.2 Å². The highest BCUT2D eigenvalue weighted by Gasteiger charge is 2.04. The zero-order chi connectivity index (χ0) is 13.7. The number of Topliss-reactive ketones (excluding diaryl/α,β-unsaturated/α-hetero) is 1. The lowest BCUT2D eigenvalue weighted by Crippen LogP contribution is -1.99. The molecule has 0 spiro atoms. The van der Waals surface area contributed by atoms with Gasteiger partial charge in [0.05, 0.1) is 13.0 Å². The van der Waals surface area contributed by atoms with E-state index in [0.717, 1.165) is 5.75 Å². The smallest absolute Gasteiger partial charge is 0.177 e. The summed E-state index contributed by atoms with van der Waals surface area (Å²) in [4.78, 5) is 11.4. The van der Waals surface area contributed by atoms with Gasteiger partial charge in [0.15, 0.2) is 5.78 Å². The summed E-state index contributed by atoms with van der Waals surface area (Å²) in [6.07, 6.45) is 0. The number of carbonyl (C=O) groups excluding carboxylic acids is 1. The van der Waals surface area contributed by atoms with Crippen LogP contribution in [-0.2, 0) is 0 Å². The SMILES string of the molecule is COc1ccc(Oc2ccc(C(=O)CCl)cc2)cc1. The molecule has 0 radical (unpaired) electrons. The molecule has 0 saturated heterocycles. The van der Waals surface area contributed by atoms with Crippen LogP contribution in [0.2, 0.25) is 0 Å². The second-order valence-corrected chi connectivity index (χ2v) is 4.13. The van der Waals surface area contributed by atoms with E-state index in [0.29, 0.717) is 17.1 Å². The minimum absolute atomic E-state index is 0.0152. The van der Waals surface area contributed by atoms with Gasteiger partial charge in [0.25, 0.3) is 0 Å². The average molecular weight is 277 g/mol. The summed E-state index contributed by atoms with van der Waals surface area (Å²) in [5.41, 5.74) is 0.581. The highest BCUT2D eigenvalue weighted by molar-refractivity contribution is 6.30. The van der Waals surface area contributed by atoms with E-state index >= 15 is 0 Å². The molecule has 0 atom stereocenters. The summed E-state index contributed by atoms with van der Waals surface area (Å²) in [5.74, 6) is 2.03. The van der Waals surface area contributed by atoms with Crippen LogP contribution in [0.4, 0.5) is 0 Å². The summed E-state index contributed by atoms with van der Waals surface area (Å²) < 4.78 is 10.7. The quantitative estimate of drug-likeness (QED) is 0.613. The molecule has 0 aliphatic carbocycles. The van der Waals surface area contributed by atoms with E-state index in [9.17, 15) is 4.79 Å². The first-order valence-electron chi connectivity index (χ1n) is 5.74. The van der Waals surface area contributed by atoms with Gasteiger partial charge in [-0.05, 0) is 48.5 Å². The fourth-order valence-corrected chi connectivity index (χ4v) is 1.72. The van der Waals surface area contributed by atoms with Crippen LogP contribution < -0.4 is 9.47 Å². The van der Waals surface area contributed by atoms with E-state index in [1.807, 2.05) is 24.3 Å². The fourth-order valence-electron chi connectivity index (χ4n) is 1.57. The number of halogens is 1. The highest BCUT2D eigenvalue weighted by Crippen LogP contribution is 2.24. The van der Waals surface area contributed by atoms with Crippen molar-refractivity contribution < 1.29 is 14.3 Å². The van der Waals surface area contributed by atoms with Crippen LogP contribution in [0.15, 0.2) is 48.5 Å². The van der Waals surface area contributed by atoms with Crippen LogP contribution in [-0.4, -0.2) is 18.8 Å². The van der Waals surface area contributed by atoms with Crippen molar-refractivity contribution in [2.45, 2.75) is 0 Å². The molecule has 3 nitrogen and oxygen atoms in total. The maximum Gasteiger partial charge on any atom is 0.177 e. The van der Waals surface area contributed by atoms with E-state index in [-0.39, 0.29) is 11.7 Å². The third kappa shape index (κ3) is 3.48. The van der Waals surface area contributed by atoms with Crippen LogP contribution in [0.25, 0.3) is 0 Å². The zero-order valence-electron chi connectivity index (χ0n) is 10.4. The van der Waals surface area contributed by atoms with Crippen molar-refractivity contribution in [3.63, 3.8) is 0 Å². The Morgan fingerprint density at radius 3 is 1.89 bits per heavy atom. The van der Waals surface area contributed by atoms with Gasteiger partial charge in [-0.2, -0.15) is 0 Å². The Bertz CT molecular complexity index is 547. The number of methoxy groups -OCH3 is 1. The zero-order valence-corrected chi connectivity index (χ0v) is 11.2. The monoisotopic (exact) mass is 276 g/mol. The summed E-state index contributed by atoms with van der Waals surface area (Å²) in [6, 6.07) is 14.1. The van der Waals surface area contributed by atoms with Crippen molar-refractivity contribution in [3.8, 4) is 17.2 Å². The van der Waals surface area contributed by atoms with Crippen molar-refractivity contribution in [1.29, 1.82) is 0 Å². The van der Waals surface area contributed by atoms with Crippen LogP contribution >= 0.6 is 11.6 Å². The van der Waals surface area contributed by atoms with Crippen molar-refractivity contribution >= 4 is 17.4 Å². The summed E-state index contributed by atoms with van der Waals surface area (Å²) in [5, 5.41) is 0. The predicted octanol–water partition coefficient (Wildman–Crippen LogP) is 3.91. The first-order chi connectivity index (χ1) is 9.22. The van der Waals surface area contributed by atoms with Gasteiger partial charge in [0.2, 0.25) is 0 Å². The molecule has 19 heavy (non-hydrogen) atoms. The van der Waals surface area contributed by atoms with Gasteiger partial charge in [-0.3, -0.25) is 4.79 Å².